The number of carbonyl (C=O) groups excluding carboxylic acids is 1. The first-order valence-electron chi connectivity index (χ1n) is 11.4. The minimum absolute atomic E-state index is 0.0635. The van der Waals surface area contributed by atoms with E-state index in [9.17, 15) is 18.0 Å². The van der Waals surface area contributed by atoms with Crippen LogP contribution in [0.4, 0.5) is 18.9 Å². The highest BCUT2D eigenvalue weighted by molar-refractivity contribution is 8.00. The summed E-state index contributed by atoms with van der Waals surface area (Å²) in [4.78, 5) is 31.6. The van der Waals surface area contributed by atoms with Gasteiger partial charge in [-0.2, -0.15) is 13.2 Å². The number of hydrogen-bond acceptors (Lipinski definition) is 9. The third kappa shape index (κ3) is 4.98. The molecule has 5 aromatic rings. The molecule has 0 saturated carbocycles. The van der Waals surface area contributed by atoms with Crippen molar-refractivity contribution in [3.05, 3.63) is 78.0 Å². The highest BCUT2D eigenvalue weighted by Crippen LogP contribution is 2.40. The summed E-state index contributed by atoms with van der Waals surface area (Å²) in [5, 5.41) is 2.70. The van der Waals surface area contributed by atoms with Crippen molar-refractivity contribution in [3.63, 3.8) is 0 Å². The number of thiophene rings is 1. The number of benzene rings is 1. The maximum atomic E-state index is 13.7. The van der Waals surface area contributed by atoms with Crippen LogP contribution < -0.4 is 14.8 Å². The normalized spacial score (nSPS) is 13.4. The molecular weight excluding hydrogens is 549 g/mol. The quantitative estimate of drug-likeness (QED) is 0.231. The zero-order valence-electron chi connectivity index (χ0n) is 20.0. The number of rotatable bonds is 1. The molecule has 0 spiro atoms. The molecule has 1 aromatic carbocycles. The number of fused-ring (bicyclic) bond motifs is 9. The maximum absolute atomic E-state index is 13.7. The fourth-order valence-electron chi connectivity index (χ4n) is 4.09. The fourth-order valence-corrected chi connectivity index (χ4v) is 5.94. The molecule has 39 heavy (non-hydrogen) atoms. The van der Waals surface area contributed by atoms with Crippen molar-refractivity contribution in [3.8, 4) is 27.6 Å². The molecule has 1 aliphatic rings. The van der Waals surface area contributed by atoms with E-state index in [-0.39, 0.29) is 22.9 Å². The van der Waals surface area contributed by atoms with Gasteiger partial charge in [-0.25, -0.2) is 15.0 Å². The molecule has 196 valence electrons. The number of aromatic nitrogens is 4. The second-order valence-corrected chi connectivity index (χ2v) is 10.5. The number of halogens is 3. The number of pyridine rings is 2. The molecule has 1 aliphatic heterocycles. The van der Waals surface area contributed by atoms with Crippen LogP contribution in [0, 0.1) is 0 Å². The third-order valence-corrected chi connectivity index (χ3v) is 7.91. The second kappa shape index (κ2) is 9.82. The van der Waals surface area contributed by atoms with Crippen LogP contribution in [0.1, 0.15) is 21.5 Å². The molecule has 0 radical (unpaired) electrons. The summed E-state index contributed by atoms with van der Waals surface area (Å²) in [6.45, 7) is 0.0635. The van der Waals surface area contributed by atoms with Crippen molar-refractivity contribution in [2.45, 2.75) is 17.6 Å². The Morgan fingerprint density at radius 1 is 0.949 bits per heavy atom. The molecule has 6 rings (SSSR count). The Bertz CT molecular complexity index is 1740. The molecular formula is C26H17F3N6O2S2. The van der Waals surface area contributed by atoms with Gasteiger partial charge in [0.05, 0.1) is 28.6 Å². The van der Waals surface area contributed by atoms with Crippen LogP contribution in [0.25, 0.3) is 31.9 Å². The molecule has 8 bridgehead atoms. The van der Waals surface area contributed by atoms with Gasteiger partial charge >= 0.3 is 6.18 Å². The minimum Gasteiger partial charge on any atom is -0.480 e. The predicted octanol–water partition coefficient (Wildman–Crippen LogP) is 6.21. The predicted molar refractivity (Wildman–Crippen MR) is 143 cm³/mol. The fraction of sp³-hybridized carbons (Fsp3) is 0.115. The van der Waals surface area contributed by atoms with Crippen LogP contribution in [0.2, 0.25) is 0 Å². The van der Waals surface area contributed by atoms with Gasteiger partial charge in [-0.05, 0) is 53.9 Å². The van der Waals surface area contributed by atoms with Gasteiger partial charge in [0, 0.05) is 51.6 Å². The van der Waals surface area contributed by atoms with E-state index in [2.05, 4.69) is 30.0 Å². The molecule has 13 heteroatoms. The number of anilines is 1. The number of nitrogens with zero attached hydrogens (tertiary/aromatic N) is 4. The summed E-state index contributed by atoms with van der Waals surface area (Å²) in [5.41, 5.74) is 2.95. The van der Waals surface area contributed by atoms with Crippen molar-refractivity contribution in [2.24, 2.45) is 0 Å². The Kier molecular flexibility index (Phi) is 6.31. The largest absolute Gasteiger partial charge is 0.480 e. The number of ether oxygens (including phenoxy) is 1. The Labute approximate surface area is 227 Å². The van der Waals surface area contributed by atoms with E-state index in [0.29, 0.717) is 16.9 Å². The Morgan fingerprint density at radius 3 is 2.64 bits per heavy atom. The van der Waals surface area contributed by atoms with Gasteiger partial charge in [0.25, 0.3) is 5.91 Å². The maximum Gasteiger partial charge on any atom is 0.416 e. The lowest BCUT2D eigenvalue weighted by molar-refractivity contribution is -0.137. The molecule has 0 unspecified atom stereocenters. The van der Waals surface area contributed by atoms with Crippen molar-refractivity contribution in [2.75, 3.05) is 11.8 Å². The number of methoxy groups -OCH3 is 1. The van der Waals surface area contributed by atoms with E-state index in [0.717, 1.165) is 50.3 Å². The van der Waals surface area contributed by atoms with Crippen molar-refractivity contribution >= 4 is 45.1 Å². The molecule has 8 nitrogen and oxygen atoms in total. The summed E-state index contributed by atoms with van der Waals surface area (Å²) >= 11 is 2.40. The zero-order valence-corrected chi connectivity index (χ0v) is 21.7. The van der Waals surface area contributed by atoms with Crippen LogP contribution in [0.5, 0.6) is 5.88 Å². The molecule has 1 amide bonds. The SMILES string of the molecule is COc1ncc2cc1NSc1cc(cc(C(F)(F)F)c1)C(=O)NCc1cncc(c1)-c1ncnc3cc-2sc13. The van der Waals surface area contributed by atoms with Crippen LogP contribution >= 0.6 is 23.3 Å². The monoisotopic (exact) mass is 566 g/mol. The standard InChI is InChI=1S/C26H17F3N6O2S2/c1-37-25-20-5-15(11-32-25)21-7-19-23(38-21)22(34-12-33-19)16-2-13(8-30-10-16)9-31-24(36)14-3-17(26(27,28)29)6-18(4-14)39-35-20/h2-8,10-12,35H,9H2,1H3,(H,31,36). The van der Waals surface area contributed by atoms with Crippen molar-refractivity contribution in [1.82, 2.24) is 25.3 Å². The van der Waals surface area contributed by atoms with Crippen molar-refractivity contribution < 1.29 is 22.7 Å². The highest BCUT2D eigenvalue weighted by Gasteiger charge is 2.32. The molecule has 5 heterocycles. The summed E-state index contributed by atoms with van der Waals surface area (Å²) in [5.74, 6) is -0.391. The Morgan fingerprint density at radius 2 is 1.82 bits per heavy atom. The zero-order chi connectivity index (χ0) is 27.1. The van der Waals surface area contributed by atoms with E-state index in [1.54, 1.807) is 24.7 Å². The van der Waals surface area contributed by atoms with E-state index >= 15 is 0 Å². The van der Waals surface area contributed by atoms with Gasteiger partial charge in [0.1, 0.15) is 12.0 Å². The first-order valence-corrected chi connectivity index (χ1v) is 13.1. The topological polar surface area (TPSA) is 102 Å². The van der Waals surface area contributed by atoms with E-state index in [4.69, 9.17) is 4.74 Å². The Balaban J connectivity index is 1.52. The van der Waals surface area contributed by atoms with Gasteiger partial charge in [-0.3, -0.25) is 9.78 Å². The smallest absolute Gasteiger partial charge is 0.416 e. The van der Waals surface area contributed by atoms with Crippen LogP contribution in [0.3, 0.4) is 0 Å². The summed E-state index contributed by atoms with van der Waals surface area (Å²) < 4.78 is 50.3. The molecule has 0 aliphatic carbocycles. The molecule has 2 N–H and O–H groups in total. The number of alkyl halides is 3. The van der Waals surface area contributed by atoms with E-state index < -0.39 is 17.6 Å². The number of hydrogen-bond donors (Lipinski definition) is 2. The first-order chi connectivity index (χ1) is 18.8. The van der Waals surface area contributed by atoms with Gasteiger partial charge in [-0.15, -0.1) is 11.3 Å². The molecule has 0 atom stereocenters. The molecule has 4 aromatic heterocycles. The van der Waals surface area contributed by atoms with Crippen LogP contribution in [-0.4, -0.2) is 33.0 Å². The Hall–Kier alpha value is -4.23. The molecule has 0 fully saturated rings. The number of nitrogens with one attached hydrogen (secondary N) is 2. The summed E-state index contributed by atoms with van der Waals surface area (Å²) in [6, 6.07) is 8.77. The van der Waals surface area contributed by atoms with Crippen LogP contribution in [0.15, 0.2) is 66.2 Å². The first kappa shape index (κ1) is 25.1. The minimum atomic E-state index is -4.64. The second-order valence-electron chi connectivity index (χ2n) is 8.54. The van der Waals surface area contributed by atoms with Gasteiger partial charge in [0.15, 0.2) is 0 Å². The van der Waals surface area contributed by atoms with Crippen LogP contribution in [-0.2, 0) is 12.7 Å². The average Bonchev–Trinajstić information content (AvgIpc) is 3.38. The van der Waals surface area contributed by atoms with E-state index in [1.165, 1.54) is 30.8 Å². The third-order valence-electron chi connectivity index (χ3n) is 5.94. The summed E-state index contributed by atoms with van der Waals surface area (Å²) in [6.07, 6.45) is 1.74. The lowest BCUT2D eigenvalue weighted by atomic mass is 10.1. The molecule has 0 saturated heterocycles. The summed E-state index contributed by atoms with van der Waals surface area (Å²) in [7, 11) is 1.45. The van der Waals surface area contributed by atoms with E-state index in [1.807, 2.05) is 12.1 Å². The number of amides is 1. The van der Waals surface area contributed by atoms with Gasteiger partial charge < -0.3 is 14.8 Å². The number of carbonyl (C=O) groups is 1. The average molecular weight is 567 g/mol. The lowest BCUT2D eigenvalue weighted by Gasteiger charge is -2.14. The van der Waals surface area contributed by atoms with Crippen molar-refractivity contribution in [1.29, 1.82) is 0 Å². The van der Waals surface area contributed by atoms with Gasteiger partial charge in [-0.1, -0.05) is 0 Å². The lowest BCUT2D eigenvalue weighted by Crippen LogP contribution is -2.23. The highest BCUT2D eigenvalue weighted by atomic mass is 32.2. The van der Waals surface area contributed by atoms with Gasteiger partial charge in [0.2, 0.25) is 5.88 Å².